The fourth-order valence-corrected chi connectivity index (χ4v) is 3.26. The van der Waals surface area contributed by atoms with Crippen molar-refractivity contribution in [3.05, 3.63) is 47.5 Å². The van der Waals surface area contributed by atoms with E-state index >= 15 is 0 Å². The first-order valence-electron chi connectivity index (χ1n) is 7.98. The third-order valence-corrected chi connectivity index (χ3v) is 4.58. The molecule has 0 aliphatic heterocycles. The van der Waals surface area contributed by atoms with Crippen LogP contribution in [0.4, 0.5) is 22.0 Å². The first-order valence-corrected chi connectivity index (χ1v) is 7.98. The van der Waals surface area contributed by atoms with Gasteiger partial charge in [0.15, 0.2) is 0 Å². The lowest BCUT2D eigenvalue weighted by Crippen LogP contribution is -2.13. The van der Waals surface area contributed by atoms with Gasteiger partial charge in [-0.15, -0.1) is 0 Å². The van der Waals surface area contributed by atoms with Crippen LogP contribution in [0.25, 0.3) is 0 Å². The Bertz CT molecular complexity index is 493. The molecule has 0 aromatic heterocycles. The normalized spacial score (nSPS) is 22.9. The SMILES string of the molecule is FC(F)/C=C/CC[C@H]1CC[C@H](c2ccc(C(F)(F)F)cc2)CC1. The maximum atomic E-state index is 12.6. The minimum atomic E-state index is -4.29. The summed E-state index contributed by atoms with van der Waals surface area (Å²) in [7, 11) is 0. The van der Waals surface area contributed by atoms with Gasteiger partial charge in [-0.05, 0) is 74.1 Å². The van der Waals surface area contributed by atoms with Crippen molar-refractivity contribution in [1.82, 2.24) is 0 Å². The molecular weight excluding hydrogens is 311 g/mol. The Hall–Kier alpha value is -1.39. The lowest BCUT2D eigenvalue weighted by molar-refractivity contribution is -0.137. The Kier molecular flexibility index (Phi) is 6.19. The highest BCUT2D eigenvalue weighted by Gasteiger charge is 2.30. The fourth-order valence-electron chi connectivity index (χ4n) is 3.26. The molecule has 1 aliphatic carbocycles. The maximum Gasteiger partial charge on any atom is 0.416 e. The summed E-state index contributed by atoms with van der Waals surface area (Å²) in [6.45, 7) is 0. The first-order chi connectivity index (χ1) is 10.9. The van der Waals surface area contributed by atoms with E-state index in [1.807, 2.05) is 0 Å². The minimum Gasteiger partial charge on any atom is -0.206 e. The molecule has 0 radical (unpaired) electrons. The molecule has 0 spiro atoms. The van der Waals surface area contributed by atoms with Crippen molar-refractivity contribution < 1.29 is 22.0 Å². The zero-order valence-electron chi connectivity index (χ0n) is 12.8. The van der Waals surface area contributed by atoms with Crippen molar-refractivity contribution in [2.75, 3.05) is 0 Å². The quantitative estimate of drug-likeness (QED) is 0.422. The Labute approximate surface area is 133 Å². The lowest BCUT2D eigenvalue weighted by atomic mass is 9.77. The van der Waals surface area contributed by atoms with E-state index in [4.69, 9.17) is 0 Å². The smallest absolute Gasteiger partial charge is 0.206 e. The molecule has 128 valence electrons. The fraction of sp³-hybridized carbons (Fsp3) is 0.556. The van der Waals surface area contributed by atoms with Gasteiger partial charge in [-0.25, -0.2) is 8.78 Å². The van der Waals surface area contributed by atoms with Crippen LogP contribution in [0.5, 0.6) is 0 Å². The van der Waals surface area contributed by atoms with E-state index in [1.165, 1.54) is 6.08 Å². The summed E-state index contributed by atoms with van der Waals surface area (Å²) in [5.41, 5.74) is 0.356. The van der Waals surface area contributed by atoms with Gasteiger partial charge in [0.1, 0.15) is 0 Å². The molecule has 0 bridgehead atoms. The number of hydrogen-bond acceptors (Lipinski definition) is 0. The lowest BCUT2D eigenvalue weighted by Gasteiger charge is -2.28. The highest BCUT2D eigenvalue weighted by Crippen LogP contribution is 2.38. The van der Waals surface area contributed by atoms with Gasteiger partial charge in [0.25, 0.3) is 6.43 Å². The Morgan fingerprint density at radius 3 is 2.13 bits per heavy atom. The molecule has 23 heavy (non-hydrogen) atoms. The van der Waals surface area contributed by atoms with Gasteiger partial charge in [-0.2, -0.15) is 13.2 Å². The van der Waals surface area contributed by atoms with Crippen molar-refractivity contribution >= 4 is 0 Å². The molecule has 1 aliphatic rings. The van der Waals surface area contributed by atoms with Crippen molar-refractivity contribution in [2.45, 2.75) is 57.0 Å². The summed E-state index contributed by atoms with van der Waals surface area (Å²) in [6.07, 6.45) is 1.28. The number of hydrogen-bond donors (Lipinski definition) is 0. The van der Waals surface area contributed by atoms with Gasteiger partial charge < -0.3 is 0 Å². The van der Waals surface area contributed by atoms with Crippen LogP contribution in [-0.2, 0) is 6.18 Å². The molecule has 1 aromatic carbocycles. The van der Waals surface area contributed by atoms with Crippen LogP contribution in [0.1, 0.15) is 55.6 Å². The van der Waals surface area contributed by atoms with Gasteiger partial charge in [0.2, 0.25) is 0 Å². The molecule has 0 N–H and O–H groups in total. The van der Waals surface area contributed by atoms with E-state index in [0.29, 0.717) is 18.3 Å². The summed E-state index contributed by atoms with van der Waals surface area (Å²) < 4.78 is 61.6. The van der Waals surface area contributed by atoms with Gasteiger partial charge in [-0.1, -0.05) is 18.2 Å². The highest BCUT2D eigenvalue weighted by atomic mass is 19.4. The highest BCUT2D eigenvalue weighted by molar-refractivity contribution is 5.27. The number of allylic oxidation sites excluding steroid dienone is 2. The van der Waals surface area contributed by atoms with E-state index in [1.54, 1.807) is 12.1 Å². The molecule has 0 unspecified atom stereocenters. The Morgan fingerprint density at radius 1 is 1.00 bits per heavy atom. The van der Waals surface area contributed by atoms with Crippen LogP contribution >= 0.6 is 0 Å². The van der Waals surface area contributed by atoms with E-state index < -0.39 is 18.2 Å². The molecule has 0 saturated heterocycles. The second-order valence-electron chi connectivity index (χ2n) is 6.18. The molecule has 0 nitrogen and oxygen atoms in total. The maximum absolute atomic E-state index is 12.6. The number of rotatable bonds is 5. The predicted octanol–water partition coefficient (Wildman–Crippen LogP) is 6.58. The van der Waals surface area contributed by atoms with Crippen molar-refractivity contribution in [3.63, 3.8) is 0 Å². The van der Waals surface area contributed by atoms with E-state index in [2.05, 4.69) is 0 Å². The molecule has 0 atom stereocenters. The summed E-state index contributed by atoms with van der Waals surface area (Å²) in [5.74, 6) is 0.841. The van der Waals surface area contributed by atoms with Gasteiger partial charge >= 0.3 is 6.18 Å². The second-order valence-corrected chi connectivity index (χ2v) is 6.18. The molecule has 1 aromatic rings. The van der Waals surface area contributed by atoms with Gasteiger partial charge in [0.05, 0.1) is 5.56 Å². The third-order valence-electron chi connectivity index (χ3n) is 4.58. The van der Waals surface area contributed by atoms with Crippen molar-refractivity contribution in [3.8, 4) is 0 Å². The largest absolute Gasteiger partial charge is 0.416 e. The second kappa shape index (κ2) is 7.93. The number of benzene rings is 1. The van der Waals surface area contributed by atoms with Crippen molar-refractivity contribution in [1.29, 1.82) is 0 Å². The van der Waals surface area contributed by atoms with E-state index in [9.17, 15) is 22.0 Å². The van der Waals surface area contributed by atoms with Crippen LogP contribution in [0.3, 0.4) is 0 Å². The molecule has 1 saturated carbocycles. The predicted molar refractivity (Wildman–Crippen MR) is 80.5 cm³/mol. The molecule has 2 rings (SSSR count). The Balaban J connectivity index is 1.80. The summed E-state index contributed by atoms with van der Waals surface area (Å²) in [5, 5.41) is 0. The third kappa shape index (κ3) is 5.63. The molecule has 1 fully saturated rings. The zero-order valence-corrected chi connectivity index (χ0v) is 12.8. The average molecular weight is 332 g/mol. The van der Waals surface area contributed by atoms with Crippen LogP contribution in [0, 0.1) is 5.92 Å². The standard InChI is InChI=1S/C18H21F5/c19-17(20)4-2-1-3-13-5-7-14(8-6-13)15-9-11-16(12-10-15)18(21,22)23/h2,4,9-14,17H,1,3,5-8H2/b4-2+/t13-,14-. The summed E-state index contributed by atoms with van der Waals surface area (Å²) in [4.78, 5) is 0. The number of halogens is 5. The van der Waals surface area contributed by atoms with Crippen LogP contribution < -0.4 is 0 Å². The molecular formula is C18H21F5. The zero-order chi connectivity index (χ0) is 16.9. The van der Waals surface area contributed by atoms with Gasteiger partial charge in [0, 0.05) is 0 Å². The summed E-state index contributed by atoms with van der Waals surface area (Å²) >= 11 is 0. The first kappa shape index (κ1) is 18.0. The molecule has 0 heterocycles. The van der Waals surface area contributed by atoms with Crippen LogP contribution in [-0.4, -0.2) is 6.43 Å². The van der Waals surface area contributed by atoms with Crippen LogP contribution in [0.2, 0.25) is 0 Å². The van der Waals surface area contributed by atoms with Gasteiger partial charge in [-0.3, -0.25) is 0 Å². The van der Waals surface area contributed by atoms with Crippen LogP contribution in [0.15, 0.2) is 36.4 Å². The molecule has 0 amide bonds. The van der Waals surface area contributed by atoms with Crippen molar-refractivity contribution in [2.24, 2.45) is 5.92 Å². The Morgan fingerprint density at radius 2 is 1.61 bits per heavy atom. The summed E-state index contributed by atoms with van der Waals surface area (Å²) in [6, 6.07) is 5.46. The van der Waals surface area contributed by atoms with E-state index in [0.717, 1.165) is 55.9 Å². The van der Waals surface area contributed by atoms with E-state index in [-0.39, 0.29) is 0 Å². The average Bonchev–Trinajstić information content (AvgIpc) is 2.51. The number of alkyl halides is 5. The minimum absolute atomic E-state index is 0.310. The molecule has 5 heteroatoms. The topological polar surface area (TPSA) is 0 Å². The monoisotopic (exact) mass is 332 g/mol.